The SMILES string of the molecule is COC(=O)[C@@H]1NC(c2cccc(C(F)(F)F)c2)(c2cccc(C(F)(F)F)c2)[C@H]2C(=O)N(c3ccc(Cl)cc3Cl)C(=O)[C@H]12. The largest absolute Gasteiger partial charge is 0.468 e. The molecule has 0 radical (unpaired) electrons. The van der Waals surface area contributed by atoms with E-state index >= 15 is 0 Å². The van der Waals surface area contributed by atoms with E-state index in [0.29, 0.717) is 17.0 Å². The first-order valence-corrected chi connectivity index (χ1v) is 12.9. The van der Waals surface area contributed by atoms with Crippen LogP contribution in [0.1, 0.15) is 22.3 Å². The maximum absolute atomic E-state index is 14.2. The average molecular weight is 631 g/mol. The minimum absolute atomic E-state index is 0.129. The van der Waals surface area contributed by atoms with Gasteiger partial charge in [0.1, 0.15) is 6.04 Å². The summed E-state index contributed by atoms with van der Waals surface area (Å²) >= 11 is 12.2. The maximum atomic E-state index is 14.2. The first-order valence-electron chi connectivity index (χ1n) is 12.1. The fraction of sp³-hybridized carbons (Fsp3) is 0.250. The number of nitrogens with zero attached hydrogens (tertiary/aromatic N) is 1. The van der Waals surface area contributed by atoms with Gasteiger partial charge in [0.15, 0.2) is 0 Å². The highest BCUT2D eigenvalue weighted by Gasteiger charge is 2.68. The van der Waals surface area contributed by atoms with E-state index in [2.05, 4.69) is 5.32 Å². The Hall–Kier alpha value is -3.61. The van der Waals surface area contributed by atoms with Crippen molar-refractivity contribution in [1.29, 1.82) is 0 Å². The minimum atomic E-state index is -4.87. The molecule has 2 heterocycles. The van der Waals surface area contributed by atoms with Crippen molar-refractivity contribution in [2.75, 3.05) is 12.0 Å². The zero-order valence-electron chi connectivity index (χ0n) is 21.2. The predicted octanol–water partition coefficient (Wildman–Crippen LogP) is 6.23. The highest BCUT2D eigenvalue weighted by molar-refractivity contribution is 6.38. The third-order valence-corrected chi connectivity index (χ3v) is 7.99. The molecule has 2 amide bonds. The molecule has 2 aliphatic rings. The summed E-state index contributed by atoms with van der Waals surface area (Å²) in [5, 5.41) is 2.81. The number of nitrogens with one attached hydrogen (secondary N) is 1. The minimum Gasteiger partial charge on any atom is -0.468 e. The van der Waals surface area contributed by atoms with Gasteiger partial charge in [-0.3, -0.25) is 19.7 Å². The van der Waals surface area contributed by atoms with Gasteiger partial charge in [-0.15, -0.1) is 0 Å². The zero-order valence-corrected chi connectivity index (χ0v) is 22.7. The molecular weight excluding hydrogens is 613 g/mol. The van der Waals surface area contributed by atoms with Crippen molar-refractivity contribution < 1.29 is 45.5 Å². The Morgan fingerprint density at radius 3 is 1.88 bits per heavy atom. The van der Waals surface area contributed by atoms with Crippen molar-refractivity contribution in [3.8, 4) is 0 Å². The molecule has 1 N–H and O–H groups in total. The van der Waals surface area contributed by atoms with E-state index in [-0.39, 0.29) is 26.9 Å². The number of carbonyl (C=O) groups excluding carboxylic acids is 3. The molecule has 3 aromatic rings. The fourth-order valence-corrected chi connectivity index (χ4v) is 6.21. The molecule has 2 aliphatic heterocycles. The van der Waals surface area contributed by atoms with Crippen LogP contribution in [0.25, 0.3) is 0 Å². The van der Waals surface area contributed by atoms with Crippen LogP contribution in [0.2, 0.25) is 10.0 Å². The van der Waals surface area contributed by atoms with Gasteiger partial charge in [0.05, 0.1) is 46.3 Å². The second-order valence-corrected chi connectivity index (χ2v) is 10.6. The van der Waals surface area contributed by atoms with Crippen LogP contribution in [0.3, 0.4) is 0 Å². The third-order valence-electron chi connectivity index (χ3n) is 7.46. The van der Waals surface area contributed by atoms with Gasteiger partial charge in [-0.2, -0.15) is 26.3 Å². The van der Waals surface area contributed by atoms with E-state index < -0.39 is 64.7 Å². The molecule has 2 fully saturated rings. The van der Waals surface area contributed by atoms with E-state index in [1.165, 1.54) is 30.3 Å². The van der Waals surface area contributed by atoms with Crippen molar-refractivity contribution in [2.45, 2.75) is 23.9 Å². The van der Waals surface area contributed by atoms with Crippen LogP contribution in [0, 0.1) is 11.8 Å². The molecule has 3 aromatic carbocycles. The summed E-state index contributed by atoms with van der Waals surface area (Å²) in [6.07, 6.45) is -9.74. The van der Waals surface area contributed by atoms with Crippen LogP contribution in [-0.2, 0) is 37.0 Å². The van der Waals surface area contributed by atoms with Crippen molar-refractivity contribution in [1.82, 2.24) is 5.32 Å². The molecule has 0 unspecified atom stereocenters. The highest BCUT2D eigenvalue weighted by Crippen LogP contribution is 2.54. The molecule has 0 aromatic heterocycles. The van der Waals surface area contributed by atoms with Gasteiger partial charge in [-0.25, -0.2) is 4.90 Å². The summed E-state index contributed by atoms with van der Waals surface area (Å²) in [6.45, 7) is 0. The lowest BCUT2D eigenvalue weighted by Crippen LogP contribution is -2.52. The maximum Gasteiger partial charge on any atom is 0.416 e. The molecule has 220 valence electrons. The first kappa shape index (κ1) is 29.9. The Morgan fingerprint density at radius 1 is 0.857 bits per heavy atom. The summed E-state index contributed by atoms with van der Waals surface area (Å²) in [6, 6.07) is 9.41. The summed E-state index contributed by atoms with van der Waals surface area (Å²) in [5.41, 5.74) is -5.30. The van der Waals surface area contributed by atoms with Crippen LogP contribution < -0.4 is 10.2 Å². The number of hydrogen-bond acceptors (Lipinski definition) is 5. The second kappa shape index (κ2) is 10.3. The quantitative estimate of drug-likeness (QED) is 0.210. The molecule has 0 aliphatic carbocycles. The molecule has 14 heteroatoms. The smallest absolute Gasteiger partial charge is 0.416 e. The number of rotatable bonds is 4. The van der Waals surface area contributed by atoms with Crippen molar-refractivity contribution in [3.63, 3.8) is 0 Å². The Kier molecular flexibility index (Phi) is 7.31. The van der Waals surface area contributed by atoms with Gasteiger partial charge < -0.3 is 4.74 Å². The summed E-state index contributed by atoms with van der Waals surface area (Å²) in [5.74, 6) is -6.33. The number of imide groups is 1. The molecule has 0 spiro atoms. The molecule has 0 bridgehead atoms. The number of alkyl halides is 6. The van der Waals surface area contributed by atoms with Gasteiger partial charge in [0.25, 0.3) is 0 Å². The van der Waals surface area contributed by atoms with Crippen LogP contribution in [0.4, 0.5) is 32.0 Å². The lowest BCUT2D eigenvalue weighted by Gasteiger charge is -2.37. The van der Waals surface area contributed by atoms with Gasteiger partial charge in [0, 0.05) is 5.02 Å². The van der Waals surface area contributed by atoms with E-state index in [1.54, 1.807) is 0 Å². The Bertz CT molecular complexity index is 1550. The van der Waals surface area contributed by atoms with E-state index in [4.69, 9.17) is 27.9 Å². The Morgan fingerprint density at radius 2 is 1.40 bits per heavy atom. The number of carbonyl (C=O) groups is 3. The van der Waals surface area contributed by atoms with E-state index in [9.17, 15) is 40.7 Å². The van der Waals surface area contributed by atoms with E-state index in [1.807, 2.05) is 0 Å². The third kappa shape index (κ3) is 4.71. The number of ether oxygens (including phenoxy) is 1. The monoisotopic (exact) mass is 630 g/mol. The fourth-order valence-electron chi connectivity index (χ4n) is 5.71. The Balaban J connectivity index is 1.83. The zero-order chi connectivity index (χ0) is 30.8. The van der Waals surface area contributed by atoms with Crippen LogP contribution >= 0.6 is 23.2 Å². The number of esters is 1. The van der Waals surface area contributed by atoms with E-state index in [0.717, 1.165) is 31.4 Å². The van der Waals surface area contributed by atoms with Crippen molar-refractivity contribution in [2.24, 2.45) is 11.8 Å². The van der Waals surface area contributed by atoms with Gasteiger partial charge in [-0.05, 0) is 53.6 Å². The number of methoxy groups -OCH3 is 1. The number of amides is 2. The van der Waals surface area contributed by atoms with Crippen molar-refractivity contribution >= 4 is 46.7 Å². The molecule has 3 atom stereocenters. The number of anilines is 1. The summed E-state index contributed by atoms with van der Waals surface area (Å²) in [4.78, 5) is 41.7. The number of fused-ring (bicyclic) bond motifs is 1. The predicted molar refractivity (Wildman–Crippen MR) is 139 cm³/mol. The first-order chi connectivity index (χ1) is 19.6. The van der Waals surface area contributed by atoms with Crippen LogP contribution in [0.15, 0.2) is 66.7 Å². The molecule has 42 heavy (non-hydrogen) atoms. The van der Waals surface area contributed by atoms with Crippen molar-refractivity contribution in [3.05, 3.63) is 99.0 Å². The van der Waals surface area contributed by atoms with Gasteiger partial charge >= 0.3 is 18.3 Å². The molecule has 0 saturated carbocycles. The highest BCUT2D eigenvalue weighted by atomic mass is 35.5. The number of hydrogen-bond donors (Lipinski definition) is 1. The topological polar surface area (TPSA) is 75.7 Å². The molecule has 6 nitrogen and oxygen atoms in total. The van der Waals surface area contributed by atoms with Gasteiger partial charge in [-0.1, -0.05) is 47.5 Å². The molecular formula is C28H18Cl2F6N2O4. The normalized spacial score (nSPS) is 21.9. The lowest BCUT2D eigenvalue weighted by atomic mass is 9.71. The molecule has 2 saturated heterocycles. The lowest BCUT2D eigenvalue weighted by molar-refractivity contribution is -0.145. The number of halogens is 8. The standard InChI is InChI=1S/C28H18Cl2F6N2O4/c1-42-25(41)22-20-21(24(40)38(23(20)39)19-9-8-17(29)12-18(19)30)26(37-22,13-4-2-6-15(10-13)27(31,32)33)14-5-3-7-16(11-14)28(34,35)36/h2-12,20-22,37H,1H3/t20-,21+,22+/m0/s1. The Labute approximate surface area is 244 Å². The second-order valence-electron chi connectivity index (χ2n) is 9.72. The average Bonchev–Trinajstić information content (AvgIpc) is 3.42. The molecule has 5 rings (SSSR count). The van der Waals surface area contributed by atoms with Gasteiger partial charge in [0.2, 0.25) is 11.8 Å². The summed E-state index contributed by atoms with van der Waals surface area (Å²) < 4.78 is 87.8. The number of benzene rings is 3. The summed E-state index contributed by atoms with van der Waals surface area (Å²) in [7, 11) is 0.989. The van der Waals surface area contributed by atoms with Crippen LogP contribution in [-0.4, -0.2) is 30.9 Å². The van der Waals surface area contributed by atoms with Crippen LogP contribution in [0.5, 0.6) is 0 Å².